The molecule has 1 aliphatic carbocycles. The molecule has 0 unspecified atom stereocenters. The van der Waals surface area contributed by atoms with Crippen LogP contribution in [0.2, 0.25) is 0 Å². The Labute approximate surface area is 80.9 Å². The molecule has 0 aromatic heterocycles. The molecule has 0 saturated heterocycles. The van der Waals surface area contributed by atoms with Crippen molar-refractivity contribution in [1.82, 2.24) is 0 Å². The lowest BCUT2D eigenvalue weighted by Crippen LogP contribution is -1.86. The second-order valence-electron chi connectivity index (χ2n) is 2.95. The van der Waals surface area contributed by atoms with E-state index in [9.17, 15) is 0 Å². The molecule has 2 heteroatoms. The van der Waals surface area contributed by atoms with Crippen molar-refractivity contribution in [3.8, 4) is 5.75 Å². The maximum Gasteiger partial charge on any atom is 0.133 e. The van der Waals surface area contributed by atoms with Crippen molar-refractivity contribution in [2.45, 2.75) is 12.8 Å². The van der Waals surface area contributed by atoms with E-state index in [4.69, 9.17) is 4.74 Å². The summed E-state index contributed by atoms with van der Waals surface area (Å²) >= 11 is 3.47. The summed E-state index contributed by atoms with van der Waals surface area (Å²) in [6.07, 6.45) is 2.53. The molecule has 1 radical (unpaired) electrons. The molecule has 0 aliphatic heterocycles. The summed E-state index contributed by atoms with van der Waals surface area (Å²) in [6.45, 7) is 0. The van der Waals surface area contributed by atoms with E-state index in [1.807, 2.05) is 6.07 Å². The van der Waals surface area contributed by atoms with E-state index in [0.717, 1.165) is 10.2 Å². The molecule has 1 fully saturated rings. The van der Waals surface area contributed by atoms with Crippen LogP contribution in [0, 0.1) is 5.92 Å². The van der Waals surface area contributed by atoms with Crippen molar-refractivity contribution in [2.24, 2.45) is 0 Å². The van der Waals surface area contributed by atoms with Crippen LogP contribution in [0.3, 0.4) is 0 Å². The minimum absolute atomic E-state index is 0.903. The molecule has 0 amide bonds. The smallest absolute Gasteiger partial charge is 0.133 e. The van der Waals surface area contributed by atoms with Crippen LogP contribution >= 0.6 is 15.9 Å². The Morgan fingerprint density at radius 1 is 1.33 bits per heavy atom. The summed E-state index contributed by atoms with van der Waals surface area (Å²) < 4.78 is 6.19. The zero-order valence-corrected chi connectivity index (χ0v) is 8.52. The molecule has 63 valence electrons. The van der Waals surface area contributed by atoms with Crippen molar-refractivity contribution < 1.29 is 4.74 Å². The number of rotatable bonds is 2. The molecule has 0 atom stereocenters. The SMILES string of the molecule is COc1ccc([C]2CC2)cc1Br. The summed E-state index contributed by atoms with van der Waals surface area (Å²) in [4.78, 5) is 0. The van der Waals surface area contributed by atoms with Crippen molar-refractivity contribution in [3.05, 3.63) is 34.2 Å². The zero-order valence-electron chi connectivity index (χ0n) is 6.93. The first-order valence-corrected chi connectivity index (χ1v) is 4.79. The maximum absolute atomic E-state index is 5.14. The fourth-order valence-corrected chi connectivity index (χ4v) is 1.78. The molecular formula is C10H10BrO. The van der Waals surface area contributed by atoms with Crippen LogP contribution in [-0.2, 0) is 0 Å². The van der Waals surface area contributed by atoms with Crippen LogP contribution in [-0.4, -0.2) is 7.11 Å². The second kappa shape index (κ2) is 3.09. The molecule has 0 N–H and O–H groups in total. The van der Waals surface area contributed by atoms with Gasteiger partial charge in [-0.25, -0.2) is 0 Å². The highest BCUT2D eigenvalue weighted by Crippen LogP contribution is 2.41. The average molecular weight is 226 g/mol. The van der Waals surface area contributed by atoms with Gasteiger partial charge in [-0.15, -0.1) is 0 Å². The molecule has 0 spiro atoms. The third-order valence-electron chi connectivity index (χ3n) is 2.06. The molecule has 1 saturated carbocycles. The van der Waals surface area contributed by atoms with Crippen LogP contribution in [0.25, 0.3) is 0 Å². The fourth-order valence-electron chi connectivity index (χ4n) is 1.24. The van der Waals surface area contributed by atoms with Crippen LogP contribution < -0.4 is 4.74 Å². The van der Waals surface area contributed by atoms with E-state index >= 15 is 0 Å². The zero-order chi connectivity index (χ0) is 8.55. The third kappa shape index (κ3) is 1.48. The molecule has 1 aromatic carbocycles. The van der Waals surface area contributed by atoms with Gasteiger partial charge in [0.2, 0.25) is 0 Å². The second-order valence-corrected chi connectivity index (χ2v) is 3.81. The summed E-state index contributed by atoms with van der Waals surface area (Å²) in [5.74, 6) is 2.46. The number of benzene rings is 1. The van der Waals surface area contributed by atoms with Crippen molar-refractivity contribution in [1.29, 1.82) is 0 Å². The van der Waals surface area contributed by atoms with Crippen LogP contribution in [0.5, 0.6) is 5.75 Å². The molecule has 1 aliphatic rings. The van der Waals surface area contributed by atoms with Gasteiger partial charge < -0.3 is 4.74 Å². The Kier molecular flexibility index (Phi) is 2.09. The lowest BCUT2D eigenvalue weighted by molar-refractivity contribution is 0.412. The van der Waals surface area contributed by atoms with Gasteiger partial charge in [0.15, 0.2) is 0 Å². The first kappa shape index (κ1) is 8.11. The highest BCUT2D eigenvalue weighted by atomic mass is 79.9. The Morgan fingerprint density at radius 3 is 2.58 bits per heavy atom. The predicted molar refractivity (Wildman–Crippen MR) is 52.3 cm³/mol. The number of methoxy groups -OCH3 is 1. The molecule has 0 bridgehead atoms. The number of ether oxygens (including phenoxy) is 1. The summed E-state index contributed by atoms with van der Waals surface area (Å²) in [7, 11) is 1.68. The van der Waals surface area contributed by atoms with Gasteiger partial charge in [0.25, 0.3) is 0 Å². The Hall–Kier alpha value is -0.500. The van der Waals surface area contributed by atoms with Gasteiger partial charge in [-0.2, -0.15) is 0 Å². The van der Waals surface area contributed by atoms with Gasteiger partial charge in [-0.1, -0.05) is 6.07 Å². The van der Waals surface area contributed by atoms with Crippen LogP contribution in [0.1, 0.15) is 18.4 Å². The highest BCUT2D eigenvalue weighted by Gasteiger charge is 2.24. The van der Waals surface area contributed by atoms with E-state index < -0.39 is 0 Å². The minimum Gasteiger partial charge on any atom is -0.496 e. The molecule has 1 nitrogen and oxygen atoms in total. The number of hydrogen-bond donors (Lipinski definition) is 0. The average Bonchev–Trinajstić information content (AvgIpc) is 2.86. The quantitative estimate of drug-likeness (QED) is 0.752. The molecule has 1 aromatic rings. The van der Waals surface area contributed by atoms with E-state index in [2.05, 4.69) is 28.1 Å². The Balaban J connectivity index is 2.30. The van der Waals surface area contributed by atoms with Gasteiger partial charge in [-0.3, -0.25) is 0 Å². The normalized spacial score (nSPS) is 16.2. The van der Waals surface area contributed by atoms with E-state index in [0.29, 0.717) is 0 Å². The Morgan fingerprint density at radius 2 is 2.08 bits per heavy atom. The molecular weight excluding hydrogens is 216 g/mol. The van der Waals surface area contributed by atoms with Crippen molar-refractivity contribution >= 4 is 15.9 Å². The standard InChI is InChI=1S/C10H10BrO/c1-12-10-5-4-8(6-9(10)11)7-2-3-7/h4-6H,2-3H2,1H3. The molecule has 0 heterocycles. The maximum atomic E-state index is 5.14. The molecule has 2 rings (SSSR count). The van der Waals surface area contributed by atoms with Gasteiger partial charge in [0.1, 0.15) is 5.75 Å². The van der Waals surface area contributed by atoms with Crippen LogP contribution in [0.15, 0.2) is 22.7 Å². The number of halogens is 1. The lowest BCUT2D eigenvalue weighted by atomic mass is 10.1. The van der Waals surface area contributed by atoms with Crippen molar-refractivity contribution in [3.63, 3.8) is 0 Å². The largest absolute Gasteiger partial charge is 0.496 e. The fraction of sp³-hybridized carbons (Fsp3) is 0.300. The molecule has 12 heavy (non-hydrogen) atoms. The van der Waals surface area contributed by atoms with Gasteiger partial charge in [0, 0.05) is 5.92 Å². The first-order valence-electron chi connectivity index (χ1n) is 4.00. The predicted octanol–water partition coefficient (Wildman–Crippen LogP) is 3.17. The van der Waals surface area contributed by atoms with E-state index in [1.165, 1.54) is 18.4 Å². The van der Waals surface area contributed by atoms with Crippen LogP contribution in [0.4, 0.5) is 0 Å². The summed E-state index contributed by atoms with van der Waals surface area (Å²) in [5, 5.41) is 0. The lowest BCUT2D eigenvalue weighted by Gasteiger charge is -2.04. The van der Waals surface area contributed by atoms with Crippen molar-refractivity contribution in [2.75, 3.05) is 7.11 Å². The highest BCUT2D eigenvalue weighted by molar-refractivity contribution is 9.10. The minimum atomic E-state index is 0.903. The topological polar surface area (TPSA) is 9.23 Å². The summed E-state index contributed by atoms with van der Waals surface area (Å²) in [5.41, 5.74) is 1.35. The number of hydrogen-bond acceptors (Lipinski definition) is 1. The van der Waals surface area contributed by atoms with Gasteiger partial charge in [-0.05, 0) is 46.5 Å². The summed E-state index contributed by atoms with van der Waals surface area (Å²) in [6, 6.07) is 6.25. The van der Waals surface area contributed by atoms with E-state index in [-0.39, 0.29) is 0 Å². The monoisotopic (exact) mass is 225 g/mol. The van der Waals surface area contributed by atoms with Gasteiger partial charge in [0.05, 0.1) is 11.6 Å². The Bertz CT molecular complexity index is 292. The first-order chi connectivity index (χ1) is 5.81. The third-order valence-corrected chi connectivity index (χ3v) is 2.68. The van der Waals surface area contributed by atoms with Gasteiger partial charge >= 0.3 is 0 Å². The van der Waals surface area contributed by atoms with E-state index in [1.54, 1.807) is 13.0 Å².